The maximum atomic E-state index is 13.2. The molecule has 0 aliphatic carbocycles. The van der Waals surface area contributed by atoms with Crippen molar-refractivity contribution in [2.45, 2.75) is 13.3 Å². The Bertz CT molecular complexity index is 1440. The molecule has 0 saturated heterocycles. The second kappa shape index (κ2) is 8.50. The fourth-order valence-electron chi connectivity index (χ4n) is 3.81. The summed E-state index contributed by atoms with van der Waals surface area (Å²) in [5.74, 6) is 1.34. The highest BCUT2D eigenvalue weighted by Gasteiger charge is 2.16. The van der Waals surface area contributed by atoms with Crippen molar-refractivity contribution in [2.75, 3.05) is 18.5 Å². The average Bonchev–Trinajstić information content (AvgIpc) is 3.32. The predicted octanol–water partition coefficient (Wildman–Crippen LogP) is 3.71. The first-order valence-corrected chi connectivity index (χ1v) is 10.5. The number of rotatable bonds is 7. The van der Waals surface area contributed by atoms with Crippen molar-refractivity contribution in [3.8, 4) is 11.4 Å². The van der Waals surface area contributed by atoms with Crippen molar-refractivity contribution in [3.05, 3.63) is 82.9 Å². The summed E-state index contributed by atoms with van der Waals surface area (Å²) >= 11 is 0. The fourth-order valence-corrected chi connectivity index (χ4v) is 3.81. The first kappa shape index (κ1) is 19.7. The van der Waals surface area contributed by atoms with E-state index >= 15 is 0 Å². The molecule has 0 aliphatic rings. The highest BCUT2D eigenvalue weighted by Crippen LogP contribution is 2.23. The Hall–Kier alpha value is -4.20. The molecule has 8 nitrogen and oxygen atoms in total. The van der Waals surface area contributed by atoms with Crippen LogP contribution in [0.2, 0.25) is 0 Å². The lowest BCUT2D eigenvalue weighted by atomic mass is 10.1. The summed E-state index contributed by atoms with van der Waals surface area (Å²) in [6.07, 6.45) is 4.01. The summed E-state index contributed by atoms with van der Waals surface area (Å²) in [6.45, 7) is 3.22. The number of ether oxygens (including phenoxy) is 1. The third kappa shape index (κ3) is 3.56. The molecule has 5 rings (SSSR count). The van der Waals surface area contributed by atoms with Gasteiger partial charge in [-0.2, -0.15) is 10.1 Å². The van der Waals surface area contributed by atoms with E-state index in [1.165, 1.54) is 0 Å². The van der Waals surface area contributed by atoms with Crippen molar-refractivity contribution in [3.63, 3.8) is 0 Å². The molecule has 2 aromatic carbocycles. The van der Waals surface area contributed by atoms with Crippen LogP contribution in [0.1, 0.15) is 12.5 Å². The summed E-state index contributed by atoms with van der Waals surface area (Å²) < 4.78 is 7.30. The Kier molecular flexibility index (Phi) is 5.25. The van der Waals surface area contributed by atoms with Gasteiger partial charge < -0.3 is 10.1 Å². The van der Waals surface area contributed by atoms with Gasteiger partial charge in [-0.1, -0.05) is 36.4 Å². The van der Waals surface area contributed by atoms with Crippen LogP contribution in [0.15, 0.2) is 71.8 Å². The van der Waals surface area contributed by atoms with Gasteiger partial charge in [-0.05, 0) is 37.1 Å². The van der Waals surface area contributed by atoms with Gasteiger partial charge in [0.1, 0.15) is 5.75 Å². The zero-order valence-corrected chi connectivity index (χ0v) is 17.6. The fraction of sp³-hybridized carbons (Fsp3) is 0.167. The number of aromatic amines is 1. The second-order valence-corrected chi connectivity index (χ2v) is 7.28. The molecule has 0 atom stereocenters. The summed E-state index contributed by atoms with van der Waals surface area (Å²) in [5, 5.41) is 11.5. The van der Waals surface area contributed by atoms with E-state index in [0.717, 1.165) is 28.8 Å². The number of nitrogens with zero attached hydrogens (tertiary/aromatic N) is 4. The van der Waals surface area contributed by atoms with Crippen molar-refractivity contribution < 1.29 is 4.74 Å². The molecule has 0 radical (unpaired) electrons. The van der Waals surface area contributed by atoms with E-state index in [0.29, 0.717) is 35.7 Å². The molecule has 3 heterocycles. The number of fused-ring (bicyclic) bond motifs is 3. The molecule has 0 aliphatic heterocycles. The molecule has 160 valence electrons. The maximum Gasteiger partial charge on any atom is 0.267 e. The van der Waals surface area contributed by atoms with E-state index in [1.807, 2.05) is 55.5 Å². The number of pyridine rings is 1. The van der Waals surface area contributed by atoms with Gasteiger partial charge >= 0.3 is 0 Å². The molecule has 2 N–H and O–H groups in total. The summed E-state index contributed by atoms with van der Waals surface area (Å²) in [6, 6.07) is 17.4. The maximum absolute atomic E-state index is 13.2. The Balaban J connectivity index is 1.51. The number of hydrogen-bond donors (Lipinski definition) is 2. The standard InChI is InChI=1S/C24H22N6O2/c1-2-32-20-11-7-6-8-16(20)12-13-25-24-26-14-18-21-19(15-27-29-21)23(31)30(22(18)28-24)17-9-4-3-5-10-17/h3-11,14-15H,2,12-13H2,1H3,(H,27,29)(H,25,26,28). The molecule has 32 heavy (non-hydrogen) atoms. The Morgan fingerprint density at radius 1 is 1.03 bits per heavy atom. The highest BCUT2D eigenvalue weighted by molar-refractivity contribution is 6.02. The van der Waals surface area contributed by atoms with Gasteiger partial charge in [0.05, 0.1) is 34.8 Å². The Morgan fingerprint density at radius 3 is 2.69 bits per heavy atom. The minimum absolute atomic E-state index is 0.178. The van der Waals surface area contributed by atoms with Crippen LogP contribution in [0.5, 0.6) is 5.75 Å². The van der Waals surface area contributed by atoms with Crippen LogP contribution in [0.25, 0.3) is 27.6 Å². The lowest BCUT2D eigenvalue weighted by Gasteiger charge is -2.13. The minimum atomic E-state index is -0.178. The molecular formula is C24H22N6O2. The van der Waals surface area contributed by atoms with Gasteiger partial charge in [-0.15, -0.1) is 0 Å². The normalized spacial score (nSPS) is 11.2. The van der Waals surface area contributed by atoms with Crippen LogP contribution >= 0.6 is 0 Å². The summed E-state index contributed by atoms with van der Waals surface area (Å²) in [5.41, 5.74) is 2.83. The number of benzene rings is 2. The number of H-pyrrole nitrogens is 1. The van der Waals surface area contributed by atoms with Gasteiger partial charge in [-0.3, -0.25) is 14.5 Å². The summed E-state index contributed by atoms with van der Waals surface area (Å²) in [7, 11) is 0. The van der Waals surface area contributed by atoms with Gasteiger partial charge in [0, 0.05) is 12.7 Å². The zero-order valence-electron chi connectivity index (χ0n) is 17.6. The molecule has 5 aromatic rings. The van der Waals surface area contributed by atoms with Crippen LogP contribution in [-0.2, 0) is 6.42 Å². The van der Waals surface area contributed by atoms with Crippen LogP contribution in [0, 0.1) is 0 Å². The number of aromatic nitrogens is 5. The van der Waals surface area contributed by atoms with Gasteiger partial charge in [0.2, 0.25) is 5.95 Å². The van der Waals surface area contributed by atoms with Gasteiger partial charge in [-0.25, -0.2) is 4.98 Å². The first-order chi connectivity index (χ1) is 15.8. The largest absolute Gasteiger partial charge is 0.494 e. The quantitative estimate of drug-likeness (QED) is 0.412. The van der Waals surface area contributed by atoms with Crippen LogP contribution in [-0.4, -0.2) is 37.9 Å². The molecule has 8 heteroatoms. The topological polar surface area (TPSA) is 97.7 Å². The first-order valence-electron chi connectivity index (χ1n) is 10.5. The van der Waals surface area contributed by atoms with Crippen LogP contribution in [0.4, 0.5) is 5.95 Å². The molecule has 3 aromatic heterocycles. The number of anilines is 1. The van der Waals surface area contributed by atoms with E-state index in [9.17, 15) is 4.79 Å². The average molecular weight is 426 g/mol. The Labute approximate surface area is 183 Å². The Morgan fingerprint density at radius 2 is 1.84 bits per heavy atom. The lowest BCUT2D eigenvalue weighted by Crippen LogP contribution is -2.20. The number of hydrogen-bond acceptors (Lipinski definition) is 6. The molecule has 0 fully saturated rings. The van der Waals surface area contributed by atoms with Crippen molar-refractivity contribution in [1.82, 2.24) is 24.7 Å². The van der Waals surface area contributed by atoms with Crippen LogP contribution in [0.3, 0.4) is 0 Å². The SMILES string of the molecule is CCOc1ccccc1CCNc1ncc2c3[nH]ncc3c(=O)n(-c3ccccc3)c2n1. The smallest absolute Gasteiger partial charge is 0.267 e. The van der Waals surface area contributed by atoms with E-state index in [-0.39, 0.29) is 5.56 Å². The molecular weight excluding hydrogens is 404 g/mol. The van der Waals surface area contributed by atoms with Crippen molar-refractivity contribution in [1.29, 1.82) is 0 Å². The third-order valence-corrected chi connectivity index (χ3v) is 5.29. The number of nitrogens with one attached hydrogen (secondary N) is 2. The monoisotopic (exact) mass is 426 g/mol. The van der Waals surface area contributed by atoms with E-state index in [1.54, 1.807) is 17.0 Å². The summed E-state index contributed by atoms with van der Waals surface area (Å²) in [4.78, 5) is 22.4. The third-order valence-electron chi connectivity index (χ3n) is 5.29. The number of para-hydroxylation sites is 2. The molecule has 0 saturated carbocycles. The van der Waals surface area contributed by atoms with Gasteiger partial charge in [0.25, 0.3) is 5.56 Å². The van der Waals surface area contributed by atoms with Crippen LogP contribution < -0.4 is 15.6 Å². The molecule has 0 unspecified atom stereocenters. The zero-order chi connectivity index (χ0) is 21.9. The second-order valence-electron chi connectivity index (χ2n) is 7.28. The van der Waals surface area contributed by atoms with Crippen molar-refractivity contribution in [2.24, 2.45) is 0 Å². The highest BCUT2D eigenvalue weighted by atomic mass is 16.5. The van der Waals surface area contributed by atoms with E-state index < -0.39 is 0 Å². The van der Waals surface area contributed by atoms with Crippen molar-refractivity contribution >= 4 is 27.9 Å². The molecule has 0 bridgehead atoms. The minimum Gasteiger partial charge on any atom is -0.494 e. The predicted molar refractivity (Wildman–Crippen MR) is 125 cm³/mol. The van der Waals surface area contributed by atoms with E-state index in [2.05, 4.69) is 26.6 Å². The van der Waals surface area contributed by atoms with E-state index in [4.69, 9.17) is 9.72 Å². The van der Waals surface area contributed by atoms with Gasteiger partial charge in [0.15, 0.2) is 5.65 Å². The lowest BCUT2D eigenvalue weighted by molar-refractivity contribution is 0.336. The molecule has 0 amide bonds. The molecule has 0 spiro atoms.